The Morgan fingerprint density at radius 1 is 0.583 bits per heavy atom. The van der Waals surface area contributed by atoms with E-state index >= 15 is 0 Å². The van der Waals surface area contributed by atoms with Crippen LogP contribution in [0.3, 0.4) is 0 Å². The van der Waals surface area contributed by atoms with Gasteiger partial charge in [0, 0.05) is 0 Å². The minimum Gasteiger partial charge on any atom is -0.394 e. The van der Waals surface area contributed by atoms with Crippen molar-refractivity contribution in [2.45, 2.75) is 0 Å². The third-order valence-electron chi connectivity index (χ3n) is 0.200. The predicted octanol–water partition coefficient (Wildman–Crippen LogP) is -2.87. The summed E-state index contributed by atoms with van der Waals surface area (Å²) in [7, 11) is -2.62. The molecule has 7 nitrogen and oxygen atoms in total. The fourth-order valence-corrected chi connectivity index (χ4v) is 0. The van der Waals surface area contributed by atoms with E-state index in [-0.39, 0.29) is 26.4 Å². The first-order valence-corrected chi connectivity index (χ1v) is 4.06. The van der Waals surface area contributed by atoms with Crippen molar-refractivity contribution in [1.29, 1.82) is 0 Å². The predicted molar refractivity (Wildman–Crippen MR) is 41.9 cm³/mol. The van der Waals surface area contributed by atoms with Crippen LogP contribution in [0, 0.1) is 0 Å². The Morgan fingerprint density at radius 3 is 0.667 bits per heavy atom. The lowest BCUT2D eigenvalue weighted by atomic mass is 10.8. The van der Waals surface area contributed by atoms with Crippen molar-refractivity contribution in [2.24, 2.45) is 0 Å². The number of hydrogen-bond acceptors (Lipinski definition) is 7. The van der Waals surface area contributed by atoms with Gasteiger partial charge < -0.3 is 35.1 Å². The SMILES string of the molecule is OCCO.OCCO.OP(O)O. The summed E-state index contributed by atoms with van der Waals surface area (Å²) in [4.78, 5) is 21.7. The summed E-state index contributed by atoms with van der Waals surface area (Å²) in [5.41, 5.74) is 0. The lowest BCUT2D eigenvalue weighted by molar-refractivity contribution is 0.186. The molecule has 0 saturated heterocycles. The zero-order chi connectivity index (χ0) is 10.4. The van der Waals surface area contributed by atoms with Crippen molar-refractivity contribution in [3.63, 3.8) is 0 Å². The number of hydrogen-bond donors (Lipinski definition) is 7. The fraction of sp³-hybridized carbons (Fsp3) is 1.00. The van der Waals surface area contributed by atoms with Crippen LogP contribution in [-0.2, 0) is 0 Å². The molecule has 0 saturated carbocycles. The highest BCUT2D eigenvalue weighted by Gasteiger charge is 1.76. The average molecular weight is 206 g/mol. The van der Waals surface area contributed by atoms with Crippen molar-refractivity contribution >= 4 is 8.60 Å². The summed E-state index contributed by atoms with van der Waals surface area (Å²) in [6.07, 6.45) is 0. The van der Waals surface area contributed by atoms with Crippen molar-refractivity contribution in [2.75, 3.05) is 26.4 Å². The molecule has 12 heavy (non-hydrogen) atoms. The summed E-state index contributed by atoms with van der Waals surface area (Å²) in [6, 6.07) is 0. The second kappa shape index (κ2) is 22.5. The quantitative estimate of drug-likeness (QED) is 0.241. The van der Waals surface area contributed by atoms with Crippen LogP contribution >= 0.6 is 8.60 Å². The zero-order valence-corrected chi connectivity index (χ0v) is 7.30. The van der Waals surface area contributed by atoms with Crippen molar-refractivity contribution in [1.82, 2.24) is 0 Å². The molecule has 0 unspecified atom stereocenters. The highest BCUT2D eigenvalue weighted by atomic mass is 31.2. The highest BCUT2D eigenvalue weighted by Crippen LogP contribution is 2.11. The van der Waals surface area contributed by atoms with Gasteiger partial charge in [0.2, 0.25) is 0 Å². The molecular formula is C4H15O7P. The Balaban J connectivity index is -0.000000101. The second-order valence-electron chi connectivity index (χ2n) is 1.16. The summed E-state index contributed by atoms with van der Waals surface area (Å²) in [6.45, 7) is -0.500. The molecule has 0 aromatic heterocycles. The molecule has 7 N–H and O–H groups in total. The molecule has 0 atom stereocenters. The minimum absolute atomic E-state index is 0.125. The van der Waals surface area contributed by atoms with Crippen molar-refractivity contribution in [3.8, 4) is 0 Å². The van der Waals surface area contributed by atoms with Crippen LogP contribution in [0.1, 0.15) is 0 Å². The molecule has 0 spiro atoms. The van der Waals surface area contributed by atoms with Gasteiger partial charge in [0.05, 0.1) is 26.4 Å². The third-order valence-corrected chi connectivity index (χ3v) is 0.200. The third kappa shape index (κ3) is 184. The van der Waals surface area contributed by atoms with Gasteiger partial charge >= 0.3 is 8.60 Å². The monoisotopic (exact) mass is 206 g/mol. The highest BCUT2D eigenvalue weighted by molar-refractivity contribution is 7.38. The molecule has 0 aromatic rings. The maximum atomic E-state index is 7.62. The molecule has 0 amide bonds. The molecule has 0 radical (unpaired) electrons. The Hall–Kier alpha value is 0.150. The molecule has 0 aromatic carbocycles. The standard InChI is InChI=1S/2C2H6O2.H3O3P/c2*3-1-2-4;1-4(2)3/h2*3-4H,1-2H2;1-3H. The van der Waals surface area contributed by atoms with Crippen molar-refractivity contribution in [3.05, 3.63) is 0 Å². The van der Waals surface area contributed by atoms with Gasteiger partial charge in [-0.25, -0.2) is 0 Å². The summed E-state index contributed by atoms with van der Waals surface area (Å²) in [5.74, 6) is 0. The maximum Gasteiger partial charge on any atom is 0.324 e. The topological polar surface area (TPSA) is 142 Å². The van der Waals surface area contributed by atoms with Gasteiger partial charge in [0.25, 0.3) is 0 Å². The molecule has 0 rings (SSSR count). The van der Waals surface area contributed by atoms with E-state index in [2.05, 4.69) is 0 Å². The molecule has 0 aliphatic heterocycles. The molecule has 0 aliphatic rings. The van der Waals surface area contributed by atoms with Gasteiger partial charge in [-0.15, -0.1) is 0 Å². The van der Waals surface area contributed by atoms with E-state index in [0.717, 1.165) is 0 Å². The van der Waals surface area contributed by atoms with E-state index in [0.29, 0.717) is 0 Å². The first-order chi connectivity index (χ1) is 5.56. The van der Waals surface area contributed by atoms with Gasteiger partial charge in [0.15, 0.2) is 0 Å². The summed E-state index contributed by atoms with van der Waals surface area (Å²) < 4.78 is 0. The van der Waals surface area contributed by atoms with Crippen LogP contribution in [0.4, 0.5) is 0 Å². The van der Waals surface area contributed by atoms with Crippen LogP contribution in [0.5, 0.6) is 0 Å². The molecule has 0 aliphatic carbocycles. The summed E-state index contributed by atoms with van der Waals surface area (Å²) >= 11 is 0. The average Bonchev–Trinajstić information content (AvgIpc) is 2.03. The van der Waals surface area contributed by atoms with Gasteiger partial charge in [-0.2, -0.15) is 0 Å². The lowest BCUT2D eigenvalue weighted by Crippen LogP contribution is -1.85. The van der Waals surface area contributed by atoms with E-state index in [1.54, 1.807) is 0 Å². The smallest absolute Gasteiger partial charge is 0.324 e. The Morgan fingerprint density at radius 2 is 0.667 bits per heavy atom. The second-order valence-corrected chi connectivity index (χ2v) is 1.70. The minimum atomic E-state index is -2.62. The van der Waals surface area contributed by atoms with Crippen LogP contribution in [-0.4, -0.2) is 61.5 Å². The van der Waals surface area contributed by atoms with Gasteiger partial charge in [-0.05, 0) is 0 Å². The van der Waals surface area contributed by atoms with Crippen LogP contribution in [0.2, 0.25) is 0 Å². The molecule has 0 bridgehead atoms. The first-order valence-electron chi connectivity index (χ1n) is 2.86. The van der Waals surface area contributed by atoms with Crippen LogP contribution < -0.4 is 0 Å². The van der Waals surface area contributed by atoms with E-state index in [1.165, 1.54) is 0 Å². The zero-order valence-electron chi connectivity index (χ0n) is 6.41. The molecular weight excluding hydrogens is 191 g/mol. The molecule has 78 valence electrons. The maximum absolute atomic E-state index is 7.62. The van der Waals surface area contributed by atoms with Crippen LogP contribution in [0.25, 0.3) is 0 Å². The Bertz CT molecular complexity index is 41.9. The number of aliphatic hydroxyl groups is 4. The number of aliphatic hydroxyl groups excluding tert-OH is 4. The summed E-state index contributed by atoms with van der Waals surface area (Å²) in [5, 5.41) is 30.5. The van der Waals surface area contributed by atoms with Gasteiger partial charge in [0.1, 0.15) is 0 Å². The molecule has 8 heteroatoms. The van der Waals surface area contributed by atoms with Crippen LogP contribution in [0.15, 0.2) is 0 Å². The molecule has 0 heterocycles. The van der Waals surface area contributed by atoms with E-state index in [4.69, 9.17) is 35.1 Å². The van der Waals surface area contributed by atoms with E-state index in [9.17, 15) is 0 Å². The molecule has 0 fully saturated rings. The normalized spacial score (nSPS) is 8.00. The Kier molecular flexibility index (Phi) is 33.8. The van der Waals surface area contributed by atoms with Gasteiger partial charge in [-0.3, -0.25) is 0 Å². The van der Waals surface area contributed by atoms with Gasteiger partial charge in [-0.1, -0.05) is 0 Å². The Labute approximate surface area is 71.2 Å². The fourth-order valence-electron chi connectivity index (χ4n) is 0. The largest absolute Gasteiger partial charge is 0.394 e. The van der Waals surface area contributed by atoms with E-state index in [1.807, 2.05) is 0 Å². The van der Waals surface area contributed by atoms with E-state index < -0.39 is 8.60 Å². The first kappa shape index (κ1) is 18.0. The van der Waals surface area contributed by atoms with Crippen molar-refractivity contribution < 1.29 is 35.1 Å². The lowest BCUT2D eigenvalue weighted by Gasteiger charge is -1.76. The number of rotatable bonds is 2.